The molecule has 0 spiro atoms. The van der Waals surface area contributed by atoms with Gasteiger partial charge in [0.15, 0.2) is 11.5 Å². The van der Waals surface area contributed by atoms with E-state index < -0.39 is 53.9 Å². The number of benzene rings is 1. The van der Waals surface area contributed by atoms with E-state index in [0.717, 1.165) is 6.42 Å². The van der Waals surface area contributed by atoms with E-state index in [9.17, 15) is 19.2 Å². The molecular weight excluding hydrogens is 538 g/mol. The van der Waals surface area contributed by atoms with Crippen LogP contribution in [0, 0.1) is 5.92 Å². The zero-order valence-corrected chi connectivity index (χ0v) is 25.7. The Morgan fingerprint density at radius 1 is 0.780 bits per heavy atom. The molecule has 0 aliphatic heterocycles. The molecule has 0 fully saturated rings. The van der Waals surface area contributed by atoms with Gasteiger partial charge in [-0.3, -0.25) is 4.79 Å². The fourth-order valence-corrected chi connectivity index (χ4v) is 2.88. The number of hydrogen-bond donors (Lipinski definition) is 1. The van der Waals surface area contributed by atoms with Crippen molar-refractivity contribution in [1.82, 2.24) is 0 Å². The van der Waals surface area contributed by atoms with Gasteiger partial charge in [-0.15, -0.1) is 0 Å². The Labute approximate surface area is 242 Å². The maximum atomic E-state index is 12.7. The third kappa shape index (κ3) is 14.6. The van der Waals surface area contributed by atoms with Gasteiger partial charge in [0, 0.05) is 0 Å². The number of carbonyl (C=O) groups excluding carboxylic acids is 4. The normalized spacial score (nSPS) is 14.5. The molecule has 232 valence electrons. The molecule has 0 aromatic heterocycles. The third-order valence-corrected chi connectivity index (χ3v) is 5.36. The highest BCUT2D eigenvalue weighted by Gasteiger charge is 2.27. The number of ether oxygens (including phenoxy) is 7. The van der Waals surface area contributed by atoms with Crippen LogP contribution in [-0.4, -0.2) is 60.5 Å². The molecule has 0 saturated carbocycles. The lowest BCUT2D eigenvalue weighted by Gasteiger charge is -2.23. The van der Waals surface area contributed by atoms with Crippen LogP contribution in [0.25, 0.3) is 0 Å². The van der Waals surface area contributed by atoms with Crippen molar-refractivity contribution in [1.29, 1.82) is 0 Å². The number of hydrogen-bond acceptors (Lipinski definition) is 12. The molecule has 0 amide bonds. The zero-order valence-electron chi connectivity index (χ0n) is 25.7. The fraction of sp³-hybridized carbons (Fsp3) is 0.655. The summed E-state index contributed by atoms with van der Waals surface area (Å²) in [6.45, 7) is 17.3. The lowest BCUT2D eigenvalue weighted by atomic mass is 10.1. The SMILES string of the molecule is CCC(C)COC(=O)O[C@@H](C)[C@H](C)OC(=O)[C@@H](N)Cc1ccc(OC(=O)OC(C)(C)C)c(OC(=O)OC(C)(C)C)c1. The van der Waals surface area contributed by atoms with E-state index in [0.29, 0.717) is 5.56 Å². The predicted octanol–water partition coefficient (Wildman–Crippen LogP) is 5.70. The molecule has 12 heteroatoms. The molecule has 0 saturated heterocycles. The first-order chi connectivity index (χ1) is 18.8. The second-order valence-corrected chi connectivity index (χ2v) is 11.8. The Bertz CT molecular complexity index is 1040. The zero-order chi connectivity index (χ0) is 31.5. The number of nitrogens with two attached hydrogens (primary N) is 1. The van der Waals surface area contributed by atoms with Crippen LogP contribution in [0.15, 0.2) is 18.2 Å². The van der Waals surface area contributed by atoms with E-state index >= 15 is 0 Å². The molecule has 0 bridgehead atoms. The Kier molecular flexibility index (Phi) is 13.4. The minimum Gasteiger partial charge on any atom is -0.458 e. The molecule has 0 heterocycles. The van der Waals surface area contributed by atoms with Crippen molar-refractivity contribution in [3.05, 3.63) is 23.8 Å². The second kappa shape index (κ2) is 15.5. The summed E-state index contributed by atoms with van der Waals surface area (Å²) in [6.07, 6.45) is -3.64. The molecule has 41 heavy (non-hydrogen) atoms. The second-order valence-electron chi connectivity index (χ2n) is 11.8. The van der Waals surface area contributed by atoms with E-state index in [1.165, 1.54) is 18.2 Å². The van der Waals surface area contributed by atoms with Gasteiger partial charge < -0.3 is 38.9 Å². The quantitative estimate of drug-likeness (QED) is 0.192. The lowest BCUT2D eigenvalue weighted by molar-refractivity contribution is -0.155. The lowest BCUT2D eigenvalue weighted by Crippen LogP contribution is -2.39. The number of carbonyl (C=O) groups is 4. The summed E-state index contributed by atoms with van der Waals surface area (Å²) in [4.78, 5) is 49.1. The molecule has 0 aliphatic carbocycles. The van der Waals surface area contributed by atoms with Crippen molar-refractivity contribution in [2.75, 3.05) is 6.61 Å². The number of esters is 1. The first-order valence-electron chi connectivity index (χ1n) is 13.5. The van der Waals surface area contributed by atoms with Crippen molar-refractivity contribution in [2.45, 2.75) is 112 Å². The fourth-order valence-electron chi connectivity index (χ4n) is 2.88. The Balaban J connectivity index is 2.92. The third-order valence-electron chi connectivity index (χ3n) is 5.36. The summed E-state index contributed by atoms with van der Waals surface area (Å²) in [5, 5.41) is 0. The van der Waals surface area contributed by atoms with Gasteiger partial charge in [-0.25, -0.2) is 14.4 Å². The highest BCUT2D eigenvalue weighted by molar-refractivity contribution is 5.76. The summed E-state index contributed by atoms with van der Waals surface area (Å²) < 4.78 is 36.5. The molecule has 0 radical (unpaired) electrons. The van der Waals surface area contributed by atoms with E-state index in [4.69, 9.17) is 38.9 Å². The van der Waals surface area contributed by atoms with Gasteiger partial charge in [0.2, 0.25) is 0 Å². The van der Waals surface area contributed by atoms with Crippen molar-refractivity contribution < 1.29 is 52.3 Å². The minimum absolute atomic E-state index is 0.0187. The smallest absolute Gasteiger partial charge is 0.458 e. The minimum atomic E-state index is -1.12. The van der Waals surface area contributed by atoms with E-state index in [2.05, 4.69) is 0 Å². The van der Waals surface area contributed by atoms with Gasteiger partial charge >= 0.3 is 24.4 Å². The molecule has 1 unspecified atom stereocenters. The first-order valence-corrected chi connectivity index (χ1v) is 13.5. The Hall–Kier alpha value is -3.54. The molecule has 12 nitrogen and oxygen atoms in total. The van der Waals surface area contributed by atoms with E-state index in [1.807, 2.05) is 13.8 Å². The molecule has 1 aromatic rings. The largest absolute Gasteiger partial charge is 0.514 e. The molecule has 0 aliphatic rings. The Morgan fingerprint density at radius 3 is 1.80 bits per heavy atom. The van der Waals surface area contributed by atoms with Crippen molar-refractivity contribution in [3.8, 4) is 11.5 Å². The first kappa shape index (κ1) is 35.5. The number of rotatable bonds is 11. The van der Waals surface area contributed by atoms with E-state index in [-0.39, 0.29) is 30.4 Å². The van der Waals surface area contributed by atoms with Crippen LogP contribution in [0.2, 0.25) is 0 Å². The molecule has 1 rings (SSSR count). The summed E-state index contributed by atoms with van der Waals surface area (Å²) in [7, 11) is 0. The van der Waals surface area contributed by atoms with Crippen LogP contribution in [0.1, 0.15) is 81.2 Å². The summed E-state index contributed by atoms with van der Waals surface area (Å²) in [6, 6.07) is 3.19. The highest BCUT2D eigenvalue weighted by atomic mass is 16.8. The topological polar surface area (TPSA) is 159 Å². The Morgan fingerprint density at radius 2 is 1.29 bits per heavy atom. The molecule has 1 aromatic carbocycles. The van der Waals surface area contributed by atoms with Crippen molar-refractivity contribution in [2.24, 2.45) is 11.7 Å². The van der Waals surface area contributed by atoms with Crippen molar-refractivity contribution >= 4 is 24.4 Å². The van der Waals surface area contributed by atoms with Gasteiger partial charge in [0.25, 0.3) is 0 Å². The summed E-state index contributed by atoms with van der Waals surface area (Å²) in [5.41, 5.74) is 4.89. The van der Waals surface area contributed by atoms with Crippen LogP contribution in [-0.2, 0) is 34.9 Å². The van der Waals surface area contributed by atoms with Crippen molar-refractivity contribution in [3.63, 3.8) is 0 Å². The average molecular weight is 584 g/mol. The summed E-state index contributed by atoms with van der Waals surface area (Å²) >= 11 is 0. The van der Waals surface area contributed by atoms with Gasteiger partial charge in [0.1, 0.15) is 29.5 Å². The van der Waals surface area contributed by atoms with Crippen LogP contribution >= 0.6 is 0 Å². The van der Waals surface area contributed by atoms with E-state index in [1.54, 1.807) is 55.4 Å². The predicted molar refractivity (Wildman–Crippen MR) is 149 cm³/mol. The summed E-state index contributed by atoms with van der Waals surface area (Å²) in [5.74, 6) is -0.803. The molecule has 4 atom stereocenters. The van der Waals surface area contributed by atoms with Gasteiger partial charge in [-0.2, -0.15) is 0 Å². The van der Waals surface area contributed by atoms with Crippen LogP contribution < -0.4 is 15.2 Å². The monoisotopic (exact) mass is 583 g/mol. The molecular formula is C29H45NO11. The van der Waals surface area contributed by atoms with Crippen LogP contribution in [0.5, 0.6) is 11.5 Å². The van der Waals surface area contributed by atoms with Crippen LogP contribution in [0.4, 0.5) is 14.4 Å². The maximum absolute atomic E-state index is 12.7. The average Bonchev–Trinajstić information content (AvgIpc) is 2.81. The van der Waals surface area contributed by atoms with Gasteiger partial charge in [-0.1, -0.05) is 26.3 Å². The molecule has 2 N–H and O–H groups in total. The van der Waals surface area contributed by atoms with Gasteiger partial charge in [0.05, 0.1) is 6.61 Å². The standard InChI is InChI=1S/C29H45NO11/c1-11-17(2)16-35-25(32)37-19(4)18(3)36-24(31)21(30)14-20-12-13-22(38-26(33)40-28(5,6)7)23(15-20)39-27(34)41-29(8,9)10/h12-13,15,17-19,21H,11,14,16,30H2,1-10H3/t17?,18-,19-,21-/m0/s1. The van der Waals surface area contributed by atoms with Gasteiger partial charge in [-0.05, 0) is 85.4 Å². The van der Waals surface area contributed by atoms with Crippen LogP contribution in [0.3, 0.4) is 0 Å². The highest BCUT2D eigenvalue weighted by Crippen LogP contribution is 2.31. The maximum Gasteiger partial charge on any atom is 0.514 e.